The first-order valence-electron chi connectivity index (χ1n) is 5.43. The maximum Gasteiger partial charge on any atom is 0.317 e. The van der Waals surface area contributed by atoms with Gasteiger partial charge >= 0.3 is 6.03 Å². The first kappa shape index (κ1) is 10.1. The van der Waals surface area contributed by atoms with Crippen LogP contribution in [0.25, 0.3) is 0 Å². The molecule has 0 spiro atoms. The monoisotopic (exact) mass is 214 g/mol. The molecule has 2 rings (SSSR count). The Morgan fingerprint density at radius 3 is 2.86 bits per heavy atom. The highest BCUT2D eigenvalue weighted by atomic mass is 32.2. The van der Waals surface area contributed by atoms with Crippen LogP contribution in [0.3, 0.4) is 0 Å². The van der Waals surface area contributed by atoms with E-state index in [1.54, 1.807) is 0 Å². The largest absolute Gasteiger partial charge is 0.335 e. The molecule has 1 aliphatic heterocycles. The predicted octanol–water partition coefficient (Wildman–Crippen LogP) is 1.69. The van der Waals surface area contributed by atoms with E-state index in [0.717, 1.165) is 18.8 Å². The molecule has 0 aromatic rings. The van der Waals surface area contributed by atoms with Gasteiger partial charge in [-0.2, -0.15) is 11.8 Å². The van der Waals surface area contributed by atoms with Crippen molar-refractivity contribution in [2.75, 3.05) is 18.8 Å². The minimum Gasteiger partial charge on any atom is -0.335 e. The SMILES string of the molecule is CC1CN(C(=O)NC2CCC2)CCS1. The van der Waals surface area contributed by atoms with Gasteiger partial charge in [-0.3, -0.25) is 0 Å². The Morgan fingerprint density at radius 1 is 1.50 bits per heavy atom. The van der Waals surface area contributed by atoms with Crippen molar-refractivity contribution in [2.24, 2.45) is 0 Å². The van der Waals surface area contributed by atoms with Crippen molar-refractivity contribution in [3.05, 3.63) is 0 Å². The third-order valence-corrected chi connectivity index (χ3v) is 4.10. The number of rotatable bonds is 1. The number of amides is 2. The maximum atomic E-state index is 11.8. The molecule has 0 aromatic heterocycles. The second kappa shape index (κ2) is 4.43. The number of urea groups is 1. The normalized spacial score (nSPS) is 28.4. The molecule has 2 fully saturated rings. The van der Waals surface area contributed by atoms with Crippen LogP contribution in [0.5, 0.6) is 0 Å². The van der Waals surface area contributed by atoms with Gasteiger partial charge < -0.3 is 10.2 Å². The van der Waals surface area contributed by atoms with Crippen molar-refractivity contribution < 1.29 is 4.79 Å². The van der Waals surface area contributed by atoms with Gasteiger partial charge in [0, 0.05) is 30.1 Å². The van der Waals surface area contributed by atoms with Gasteiger partial charge in [-0.05, 0) is 19.3 Å². The van der Waals surface area contributed by atoms with Crippen molar-refractivity contribution in [3.63, 3.8) is 0 Å². The van der Waals surface area contributed by atoms with Gasteiger partial charge in [0.25, 0.3) is 0 Å². The van der Waals surface area contributed by atoms with Crippen LogP contribution in [0.4, 0.5) is 4.79 Å². The standard InChI is InChI=1S/C10H18N2OS/c1-8-7-12(5-6-14-8)10(13)11-9-3-2-4-9/h8-9H,2-7H2,1H3,(H,11,13). The Hall–Kier alpha value is -0.380. The number of carbonyl (C=O) groups excluding carboxylic acids is 1. The van der Waals surface area contributed by atoms with Crippen molar-refractivity contribution in [1.82, 2.24) is 10.2 Å². The molecular formula is C10H18N2OS. The summed E-state index contributed by atoms with van der Waals surface area (Å²) in [5.41, 5.74) is 0. The number of nitrogens with zero attached hydrogens (tertiary/aromatic N) is 1. The highest BCUT2D eigenvalue weighted by Gasteiger charge is 2.25. The van der Waals surface area contributed by atoms with Gasteiger partial charge in [0.15, 0.2) is 0 Å². The second-order valence-electron chi connectivity index (χ2n) is 4.20. The third kappa shape index (κ3) is 2.35. The fourth-order valence-corrected chi connectivity index (χ4v) is 2.83. The van der Waals surface area contributed by atoms with E-state index in [1.165, 1.54) is 19.3 Å². The van der Waals surface area contributed by atoms with Crippen LogP contribution in [-0.4, -0.2) is 41.1 Å². The molecule has 0 aromatic carbocycles. The average Bonchev–Trinajstić information content (AvgIpc) is 2.11. The Morgan fingerprint density at radius 2 is 2.29 bits per heavy atom. The third-order valence-electron chi connectivity index (χ3n) is 2.96. The quantitative estimate of drug-likeness (QED) is 0.720. The highest BCUT2D eigenvalue weighted by molar-refractivity contribution is 7.99. The molecule has 14 heavy (non-hydrogen) atoms. The molecule has 1 aliphatic carbocycles. The predicted molar refractivity (Wildman–Crippen MR) is 59.7 cm³/mol. The van der Waals surface area contributed by atoms with Crippen LogP contribution in [0.2, 0.25) is 0 Å². The average molecular weight is 214 g/mol. The summed E-state index contributed by atoms with van der Waals surface area (Å²) in [5, 5.41) is 3.68. The van der Waals surface area contributed by atoms with Gasteiger partial charge in [0.1, 0.15) is 0 Å². The lowest BCUT2D eigenvalue weighted by atomic mass is 9.93. The van der Waals surface area contributed by atoms with Crippen LogP contribution in [0.1, 0.15) is 26.2 Å². The summed E-state index contributed by atoms with van der Waals surface area (Å²) >= 11 is 1.96. The molecule has 4 heteroatoms. The molecule has 1 unspecified atom stereocenters. The van der Waals surface area contributed by atoms with Gasteiger partial charge in [0.05, 0.1) is 0 Å². The van der Waals surface area contributed by atoms with E-state index in [4.69, 9.17) is 0 Å². The number of hydrogen-bond donors (Lipinski definition) is 1. The summed E-state index contributed by atoms with van der Waals surface area (Å²) in [6.07, 6.45) is 3.62. The Balaban J connectivity index is 1.77. The Kier molecular flexibility index (Phi) is 3.21. The first-order valence-corrected chi connectivity index (χ1v) is 6.47. The molecule has 3 nitrogen and oxygen atoms in total. The number of carbonyl (C=O) groups is 1. The molecule has 2 aliphatic rings. The zero-order chi connectivity index (χ0) is 9.97. The minimum absolute atomic E-state index is 0.154. The summed E-state index contributed by atoms with van der Waals surface area (Å²) in [6, 6.07) is 0.620. The molecule has 0 bridgehead atoms. The lowest BCUT2D eigenvalue weighted by molar-refractivity contribution is 0.188. The van der Waals surface area contributed by atoms with Crippen molar-refractivity contribution in [1.29, 1.82) is 0 Å². The topological polar surface area (TPSA) is 32.3 Å². The molecule has 2 amide bonds. The number of nitrogens with one attached hydrogen (secondary N) is 1. The smallest absolute Gasteiger partial charge is 0.317 e. The summed E-state index contributed by atoms with van der Waals surface area (Å²) in [6.45, 7) is 4.00. The van der Waals surface area contributed by atoms with Crippen molar-refractivity contribution in [2.45, 2.75) is 37.5 Å². The second-order valence-corrected chi connectivity index (χ2v) is 5.75. The summed E-state index contributed by atoms with van der Waals surface area (Å²) in [7, 11) is 0. The molecule has 0 radical (unpaired) electrons. The van der Waals surface area contributed by atoms with Crippen LogP contribution >= 0.6 is 11.8 Å². The van der Waals surface area contributed by atoms with E-state index in [0.29, 0.717) is 11.3 Å². The van der Waals surface area contributed by atoms with Gasteiger partial charge in [-0.25, -0.2) is 4.79 Å². The molecular weight excluding hydrogens is 196 g/mol. The van der Waals surface area contributed by atoms with Gasteiger partial charge in [-0.1, -0.05) is 6.92 Å². The van der Waals surface area contributed by atoms with E-state index in [1.807, 2.05) is 16.7 Å². The number of hydrogen-bond acceptors (Lipinski definition) is 2. The van der Waals surface area contributed by atoms with E-state index < -0.39 is 0 Å². The molecule has 1 saturated heterocycles. The van der Waals surface area contributed by atoms with Gasteiger partial charge in [0.2, 0.25) is 0 Å². The van der Waals surface area contributed by atoms with Crippen molar-refractivity contribution >= 4 is 17.8 Å². The maximum absolute atomic E-state index is 11.8. The number of thioether (sulfide) groups is 1. The van der Waals surface area contributed by atoms with E-state index in [9.17, 15) is 4.79 Å². The van der Waals surface area contributed by atoms with Crippen LogP contribution in [0, 0.1) is 0 Å². The van der Waals surface area contributed by atoms with E-state index in [-0.39, 0.29) is 6.03 Å². The lowest BCUT2D eigenvalue weighted by Crippen LogP contribution is -2.50. The fraction of sp³-hybridized carbons (Fsp3) is 0.900. The zero-order valence-corrected chi connectivity index (χ0v) is 9.48. The van der Waals surface area contributed by atoms with E-state index in [2.05, 4.69) is 12.2 Å². The summed E-state index contributed by atoms with van der Waals surface area (Å²) < 4.78 is 0. The lowest BCUT2D eigenvalue weighted by Gasteiger charge is -2.34. The van der Waals surface area contributed by atoms with Crippen LogP contribution < -0.4 is 5.32 Å². The summed E-state index contributed by atoms with van der Waals surface area (Å²) in [4.78, 5) is 13.7. The van der Waals surface area contributed by atoms with Crippen molar-refractivity contribution in [3.8, 4) is 0 Å². The summed E-state index contributed by atoms with van der Waals surface area (Å²) in [5.74, 6) is 1.08. The Labute approximate surface area is 89.6 Å². The molecule has 1 saturated carbocycles. The Bertz CT molecular complexity index is 218. The van der Waals surface area contributed by atoms with Crippen LogP contribution in [-0.2, 0) is 0 Å². The van der Waals surface area contributed by atoms with E-state index >= 15 is 0 Å². The fourth-order valence-electron chi connectivity index (χ4n) is 1.82. The zero-order valence-electron chi connectivity index (χ0n) is 8.66. The first-order chi connectivity index (χ1) is 6.75. The molecule has 1 atom stereocenters. The molecule has 80 valence electrons. The molecule has 1 heterocycles. The minimum atomic E-state index is 0.154. The molecule has 1 N–H and O–H groups in total. The van der Waals surface area contributed by atoms with Gasteiger partial charge in [-0.15, -0.1) is 0 Å². The van der Waals surface area contributed by atoms with Crippen LogP contribution in [0.15, 0.2) is 0 Å². The highest BCUT2D eigenvalue weighted by Crippen LogP contribution is 2.20.